The van der Waals surface area contributed by atoms with Gasteiger partial charge in [0.15, 0.2) is 18.0 Å². The first kappa shape index (κ1) is 28.4. The number of allylic oxidation sites excluding steroid dienone is 4. The van der Waals surface area contributed by atoms with E-state index in [1.807, 2.05) is 13.0 Å². The Morgan fingerprint density at radius 1 is 1.14 bits per heavy atom. The Hall–Kier alpha value is -1.58. The van der Waals surface area contributed by atoms with Crippen molar-refractivity contribution in [2.75, 3.05) is 30.6 Å². The van der Waals surface area contributed by atoms with Crippen LogP contribution in [-0.2, 0) is 28.7 Å². The van der Waals surface area contributed by atoms with Crippen LogP contribution in [-0.4, -0.2) is 70.9 Å². The molecule has 4 rings (SSSR count). The number of hydrogen-bond acceptors (Lipinski definition) is 9. The Labute approximate surface area is 227 Å². The van der Waals surface area contributed by atoms with Crippen molar-refractivity contribution in [3.05, 3.63) is 23.8 Å². The van der Waals surface area contributed by atoms with Gasteiger partial charge in [0.05, 0.1) is 17.6 Å². The summed E-state index contributed by atoms with van der Waals surface area (Å²) in [5.41, 5.74) is -1.66. The third-order valence-corrected chi connectivity index (χ3v) is 10.6. The molecule has 0 aliphatic heterocycles. The number of carbonyl (C=O) groups excluding carboxylic acids is 4. The van der Waals surface area contributed by atoms with Crippen LogP contribution in [0.2, 0.25) is 0 Å². The first-order valence-corrected chi connectivity index (χ1v) is 15.7. The van der Waals surface area contributed by atoms with E-state index >= 15 is 0 Å². The van der Waals surface area contributed by atoms with Crippen molar-refractivity contribution in [1.82, 2.24) is 0 Å². The van der Waals surface area contributed by atoms with Gasteiger partial charge in [-0.25, -0.2) is 0 Å². The van der Waals surface area contributed by atoms with Crippen molar-refractivity contribution in [2.45, 2.75) is 58.2 Å². The zero-order valence-electron chi connectivity index (χ0n) is 22.3. The first-order valence-electron chi connectivity index (χ1n) is 13.0. The average Bonchev–Trinajstić information content (AvgIpc) is 3.11. The van der Waals surface area contributed by atoms with Gasteiger partial charge in [-0.2, -0.15) is 23.5 Å². The van der Waals surface area contributed by atoms with Crippen LogP contribution in [0.3, 0.4) is 0 Å². The van der Waals surface area contributed by atoms with E-state index in [9.17, 15) is 24.3 Å². The molecule has 204 valence electrons. The van der Waals surface area contributed by atoms with E-state index in [0.717, 1.165) is 12.0 Å². The Morgan fingerprint density at radius 3 is 2.49 bits per heavy atom. The van der Waals surface area contributed by atoms with Gasteiger partial charge in [0.25, 0.3) is 0 Å². The zero-order valence-corrected chi connectivity index (χ0v) is 23.9. The summed E-state index contributed by atoms with van der Waals surface area (Å²) in [4.78, 5) is 50.9. The van der Waals surface area contributed by atoms with Crippen molar-refractivity contribution in [1.29, 1.82) is 0 Å². The molecule has 0 bridgehead atoms. The molecule has 1 N–H and O–H groups in total. The van der Waals surface area contributed by atoms with Crippen molar-refractivity contribution in [3.63, 3.8) is 0 Å². The lowest BCUT2D eigenvalue weighted by Gasteiger charge is -2.61. The number of ether oxygens (including phenoxy) is 2. The summed E-state index contributed by atoms with van der Waals surface area (Å²) >= 11 is 2.63. The second kappa shape index (κ2) is 10.5. The zero-order chi connectivity index (χ0) is 27.2. The highest BCUT2D eigenvalue weighted by Gasteiger charge is 2.70. The maximum atomic E-state index is 13.8. The van der Waals surface area contributed by atoms with Gasteiger partial charge >= 0.3 is 11.9 Å². The first-order chi connectivity index (χ1) is 17.4. The topological polar surface area (TPSA) is 107 Å². The van der Waals surface area contributed by atoms with Crippen molar-refractivity contribution in [2.24, 2.45) is 34.5 Å². The molecule has 0 radical (unpaired) electrons. The van der Waals surface area contributed by atoms with Gasteiger partial charge < -0.3 is 14.6 Å². The van der Waals surface area contributed by atoms with E-state index in [1.54, 1.807) is 24.7 Å². The molecular weight excluding hydrogens is 512 g/mol. The van der Waals surface area contributed by atoms with Crippen LogP contribution in [0.25, 0.3) is 0 Å². The van der Waals surface area contributed by atoms with Crippen LogP contribution < -0.4 is 0 Å². The number of aliphatic hydroxyl groups excluding tert-OH is 1. The van der Waals surface area contributed by atoms with E-state index in [4.69, 9.17) is 9.47 Å². The number of carbonyl (C=O) groups is 4. The summed E-state index contributed by atoms with van der Waals surface area (Å²) in [5, 5.41) is 11.7. The number of aliphatic hydroxyl groups is 1. The highest BCUT2D eigenvalue weighted by molar-refractivity contribution is 7.99. The molecule has 3 fully saturated rings. The molecule has 0 spiro atoms. The van der Waals surface area contributed by atoms with Crippen LogP contribution >= 0.6 is 23.5 Å². The summed E-state index contributed by atoms with van der Waals surface area (Å²) < 4.78 is 11.4. The molecule has 0 aromatic heterocycles. The summed E-state index contributed by atoms with van der Waals surface area (Å²) in [7, 11) is 0. The van der Waals surface area contributed by atoms with Crippen molar-refractivity contribution < 1.29 is 33.8 Å². The third kappa shape index (κ3) is 4.63. The quantitative estimate of drug-likeness (QED) is 0.453. The third-order valence-electron chi connectivity index (χ3n) is 9.56. The lowest BCUT2D eigenvalue weighted by atomic mass is 9.44. The minimum atomic E-state index is -1.46. The number of fused-ring (bicyclic) bond motifs is 5. The second-order valence-electron chi connectivity index (χ2n) is 11.5. The van der Waals surface area contributed by atoms with E-state index in [2.05, 4.69) is 13.8 Å². The summed E-state index contributed by atoms with van der Waals surface area (Å²) in [6.07, 6.45) is 10.2. The Bertz CT molecular complexity index is 1040. The van der Waals surface area contributed by atoms with Gasteiger partial charge in [-0.1, -0.05) is 32.4 Å². The van der Waals surface area contributed by atoms with Gasteiger partial charge in [0, 0.05) is 16.7 Å². The van der Waals surface area contributed by atoms with Gasteiger partial charge in [-0.05, 0) is 68.1 Å². The van der Waals surface area contributed by atoms with Gasteiger partial charge in [0.2, 0.25) is 5.78 Å². The molecule has 0 aromatic rings. The van der Waals surface area contributed by atoms with Crippen LogP contribution in [0.1, 0.15) is 46.5 Å². The van der Waals surface area contributed by atoms with E-state index in [1.165, 1.54) is 23.5 Å². The Kier molecular flexibility index (Phi) is 8.09. The molecule has 4 aliphatic carbocycles. The molecule has 0 amide bonds. The molecule has 0 heterocycles. The molecule has 37 heavy (non-hydrogen) atoms. The van der Waals surface area contributed by atoms with E-state index in [0.29, 0.717) is 12.8 Å². The molecule has 3 saturated carbocycles. The molecule has 7 nitrogen and oxygen atoms in total. The number of esters is 2. The fourth-order valence-corrected chi connectivity index (χ4v) is 8.80. The summed E-state index contributed by atoms with van der Waals surface area (Å²) in [6, 6.07) is 0. The van der Waals surface area contributed by atoms with Crippen LogP contribution in [0, 0.1) is 34.5 Å². The second-order valence-corrected chi connectivity index (χ2v) is 13.3. The maximum Gasteiger partial charge on any atom is 0.316 e. The van der Waals surface area contributed by atoms with Gasteiger partial charge in [-0.3, -0.25) is 19.2 Å². The maximum absolute atomic E-state index is 13.8. The minimum absolute atomic E-state index is 0.0184. The van der Waals surface area contributed by atoms with Gasteiger partial charge in [0.1, 0.15) is 0 Å². The number of ketones is 2. The normalized spacial score (nSPS) is 40.2. The monoisotopic (exact) mass is 550 g/mol. The van der Waals surface area contributed by atoms with Crippen LogP contribution in [0.5, 0.6) is 0 Å². The fraction of sp³-hybridized carbons (Fsp3) is 0.714. The van der Waals surface area contributed by atoms with Crippen LogP contribution in [0.4, 0.5) is 0 Å². The number of Topliss-reactive ketones (excluding diaryl/α,β-unsaturated/α-hetero) is 1. The summed E-state index contributed by atoms with van der Waals surface area (Å²) in [6.45, 7) is 5.75. The van der Waals surface area contributed by atoms with Crippen molar-refractivity contribution in [3.8, 4) is 0 Å². The number of rotatable bonds is 8. The van der Waals surface area contributed by atoms with Crippen LogP contribution in [0.15, 0.2) is 23.8 Å². The minimum Gasteiger partial charge on any atom is -0.457 e. The molecule has 8 atom stereocenters. The SMILES string of the molecule is CSCC(=O)OCC(=O)[C@@]1(OC(=O)CSC)CC[C@H]2[C@@H]3C[C@H](C)C4=CC(=O)C=C[C@]4(C)[C@H]3[C@@H](O)C[C@@]21C. The predicted octanol–water partition coefficient (Wildman–Crippen LogP) is 3.63. The molecule has 0 aromatic carbocycles. The van der Waals surface area contributed by atoms with Gasteiger partial charge in [-0.15, -0.1) is 0 Å². The largest absolute Gasteiger partial charge is 0.457 e. The molecular formula is C28H38O7S2. The molecule has 4 aliphatic rings. The molecule has 0 saturated heterocycles. The molecule has 0 unspecified atom stereocenters. The molecule has 9 heteroatoms. The fourth-order valence-electron chi connectivity index (χ4n) is 8.18. The van der Waals surface area contributed by atoms with E-state index < -0.39 is 46.9 Å². The van der Waals surface area contributed by atoms with Crippen molar-refractivity contribution >= 4 is 47.0 Å². The lowest BCUT2D eigenvalue weighted by Crippen LogP contribution is -2.63. The Morgan fingerprint density at radius 2 is 1.81 bits per heavy atom. The predicted molar refractivity (Wildman–Crippen MR) is 144 cm³/mol. The number of hydrogen-bond donors (Lipinski definition) is 1. The number of thioether (sulfide) groups is 2. The smallest absolute Gasteiger partial charge is 0.316 e. The standard InChI is InChI=1S/C28H38O7S2/c1-16-10-18-19-7-9-28(35-24(33)15-37-5,22(31)13-34-23(32)14-36-4)27(19,3)12-21(30)25(18)26(2)8-6-17(29)11-20(16)26/h6,8,11,16,18-19,21,25,30H,7,9-10,12-15H2,1-5H3/t16-,18-,19-,21-,25+,26-,27-,28-/m0/s1. The Balaban J connectivity index is 1.71. The highest BCUT2D eigenvalue weighted by Crippen LogP contribution is 2.68. The summed E-state index contributed by atoms with van der Waals surface area (Å²) in [5.74, 6) is -0.995. The average molecular weight is 551 g/mol. The lowest BCUT2D eigenvalue weighted by molar-refractivity contribution is -0.200. The highest BCUT2D eigenvalue weighted by atomic mass is 32.2. The van der Waals surface area contributed by atoms with E-state index in [-0.39, 0.29) is 47.4 Å².